The van der Waals surface area contributed by atoms with E-state index in [-0.39, 0.29) is 5.82 Å². The fourth-order valence-corrected chi connectivity index (χ4v) is 1.84. The number of rotatable bonds is 1. The molecule has 0 aliphatic rings. The number of H-pyrrole nitrogens is 1. The minimum Gasteiger partial charge on any atom is -0.360 e. The number of aryl methyl sites for hydroxylation is 1. The van der Waals surface area contributed by atoms with Crippen molar-refractivity contribution in [1.82, 2.24) is 4.98 Å². The zero-order chi connectivity index (χ0) is 9.42. The van der Waals surface area contributed by atoms with Crippen molar-refractivity contribution in [2.24, 2.45) is 0 Å². The van der Waals surface area contributed by atoms with E-state index in [4.69, 9.17) is 11.6 Å². The summed E-state index contributed by atoms with van der Waals surface area (Å²) < 4.78 is 13.3. The van der Waals surface area contributed by atoms with Gasteiger partial charge in [-0.2, -0.15) is 0 Å². The summed E-state index contributed by atoms with van der Waals surface area (Å²) in [5.74, 6) is -0.184. The fourth-order valence-electron chi connectivity index (χ4n) is 1.57. The lowest BCUT2D eigenvalue weighted by molar-refractivity contribution is 0.615. The van der Waals surface area contributed by atoms with Crippen LogP contribution in [0.25, 0.3) is 10.9 Å². The first-order chi connectivity index (χ1) is 6.24. The molecule has 0 aliphatic carbocycles. The van der Waals surface area contributed by atoms with Crippen LogP contribution in [-0.4, -0.2) is 4.98 Å². The molecule has 1 aromatic heterocycles. The van der Waals surface area contributed by atoms with Gasteiger partial charge < -0.3 is 4.98 Å². The van der Waals surface area contributed by atoms with Gasteiger partial charge in [0.1, 0.15) is 5.82 Å². The maximum atomic E-state index is 13.3. The van der Waals surface area contributed by atoms with E-state index in [2.05, 4.69) is 4.98 Å². The minimum atomic E-state index is -0.184. The number of halogens is 2. The van der Waals surface area contributed by atoms with Crippen LogP contribution in [0.15, 0.2) is 18.3 Å². The normalized spacial score (nSPS) is 11.0. The van der Waals surface area contributed by atoms with Crippen molar-refractivity contribution in [2.75, 3.05) is 0 Å². The average molecular weight is 198 g/mol. The van der Waals surface area contributed by atoms with E-state index in [0.29, 0.717) is 17.0 Å². The van der Waals surface area contributed by atoms with Crippen LogP contribution < -0.4 is 0 Å². The zero-order valence-electron chi connectivity index (χ0n) is 7.20. The Morgan fingerprint density at radius 1 is 1.46 bits per heavy atom. The summed E-state index contributed by atoms with van der Waals surface area (Å²) in [6.07, 6.45) is 2.34. The molecule has 2 rings (SSSR count). The van der Waals surface area contributed by atoms with Gasteiger partial charge in [0, 0.05) is 17.1 Å². The van der Waals surface area contributed by atoms with E-state index in [0.717, 1.165) is 10.9 Å². The number of aromatic amines is 1. The first-order valence-corrected chi connectivity index (χ1v) is 4.55. The fraction of sp³-hybridized carbons (Fsp3) is 0.200. The number of aromatic nitrogens is 1. The van der Waals surface area contributed by atoms with E-state index in [1.54, 1.807) is 12.3 Å². The molecule has 1 nitrogen and oxygen atoms in total. The third kappa shape index (κ3) is 1.22. The molecule has 3 heteroatoms. The van der Waals surface area contributed by atoms with Crippen molar-refractivity contribution < 1.29 is 4.39 Å². The van der Waals surface area contributed by atoms with E-state index in [1.165, 1.54) is 6.07 Å². The number of hydrogen-bond donors (Lipinski definition) is 1. The predicted octanol–water partition coefficient (Wildman–Crippen LogP) is 3.52. The van der Waals surface area contributed by atoms with E-state index in [9.17, 15) is 4.39 Å². The van der Waals surface area contributed by atoms with Crippen LogP contribution >= 0.6 is 11.6 Å². The van der Waals surface area contributed by atoms with Crippen LogP contribution in [0.3, 0.4) is 0 Å². The summed E-state index contributed by atoms with van der Waals surface area (Å²) in [7, 11) is 0. The van der Waals surface area contributed by atoms with Crippen molar-refractivity contribution in [3.05, 3.63) is 34.7 Å². The highest BCUT2D eigenvalue weighted by molar-refractivity contribution is 6.35. The Bertz CT molecular complexity index is 447. The monoisotopic (exact) mass is 197 g/mol. The van der Waals surface area contributed by atoms with Gasteiger partial charge in [0.05, 0.1) is 5.02 Å². The van der Waals surface area contributed by atoms with Crippen molar-refractivity contribution in [1.29, 1.82) is 0 Å². The van der Waals surface area contributed by atoms with Gasteiger partial charge in [-0.05, 0) is 24.1 Å². The predicted molar refractivity (Wildman–Crippen MR) is 52.6 cm³/mol. The molecule has 0 saturated heterocycles. The van der Waals surface area contributed by atoms with Crippen LogP contribution in [-0.2, 0) is 6.42 Å². The Labute approximate surface area is 80.5 Å². The van der Waals surface area contributed by atoms with Crippen LogP contribution in [0.4, 0.5) is 4.39 Å². The molecule has 1 N–H and O–H groups in total. The zero-order valence-corrected chi connectivity index (χ0v) is 7.95. The average Bonchev–Trinajstić information content (AvgIpc) is 2.49. The first kappa shape index (κ1) is 8.57. The van der Waals surface area contributed by atoms with E-state index < -0.39 is 0 Å². The second-order valence-corrected chi connectivity index (χ2v) is 3.35. The third-order valence-corrected chi connectivity index (χ3v) is 2.50. The summed E-state index contributed by atoms with van der Waals surface area (Å²) in [6, 6.07) is 3.17. The Morgan fingerprint density at radius 2 is 2.23 bits per heavy atom. The molecule has 0 unspecified atom stereocenters. The van der Waals surface area contributed by atoms with Gasteiger partial charge in [0.15, 0.2) is 0 Å². The Kier molecular flexibility index (Phi) is 2.00. The van der Waals surface area contributed by atoms with Gasteiger partial charge in [0.2, 0.25) is 0 Å². The molecule has 1 heterocycles. The van der Waals surface area contributed by atoms with Gasteiger partial charge in [-0.15, -0.1) is 0 Å². The summed E-state index contributed by atoms with van der Waals surface area (Å²) in [6.45, 7) is 1.92. The molecule has 0 fully saturated rings. The summed E-state index contributed by atoms with van der Waals surface area (Å²) >= 11 is 5.93. The van der Waals surface area contributed by atoms with Crippen LogP contribution in [0.5, 0.6) is 0 Å². The van der Waals surface area contributed by atoms with Crippen LogP contribution in [0.2, 0.25) is 5.02 Å². The van der Waals surface area contributed by atoms with Gasteiger partial charge in [-0.3, -0.25) is 0 Å². The molecule has 1 aromatic carbocycles. The number of nitrogens with one attached hydrogen (secondary N) is 1. The Balaban J connectivity index is 2.88. The highest BCUT2D eigenvalue weighted by Crippen LogP contribution is 2.28. The Hall–Kier alpha value is -1.02. The second-order valence-electron chi connectivity index (χ2n) is 2.94. The lowest BCUT2D eigenvalue weighted by Gasteiger charge is -2.01. The number of fused-ring (bicyclic) bond motifs is 1. The number of hydrogen-bond acceptors (Lipinski definition) is 0. The summed E-state index contributed by atoms with van der Waals surface area (Å²) in [5, 5.41) is 1.40. The van der Waals surface area contributed by atoms with Gasteiger partial charge in [-0.1, -0.05) is 18.5 Å². The topological polar surface area (TPSA) is 15.8 Å². The molecule has 0 saturated carbocycles. The number of benzene rings is 1. The molecular formula is C10H9ClFN. The lowest BCUT2D eigenvalue weighted by atomic mass is 10.1. The maximum Gasteiger partial charge on any atom is 0.127 e. The molecule has 0 spiro atoms. The summed E-state index contributed by atoms with van der Waals surface area (Å²) in [5.41, 5.74) is 1.58. The quantitative estimate of drug-likeness (QED) is 0.720. The molecule has 0 aliphatic heterocycles. The molecule has 0 amide bonds. The minimum absolute atomic E-state index is 0.184. The lowest BCUT2D eigenvalue weighted by Crippen LogP contribution is -1.88. The molecule has 0 radical (unpaired) electrons. The van der Waals surface area contributed by atoms with Crippen molar-refractivity contribution in [3.63, 3.8) is 0 Å². The van der Waals surface area contributed by atoms with Crippen LogP contribution in [0.1, 0.15) is 12.5 Å². The Morgan fingerprint density at radius 3 is 2.92 bits per heavy atom. The SMILES string of the molecule is CCc1c(F)ccc2[nH]cc(Cl)c12. The highest BCUT2D eigenvalue weighted by atomic mass is 35.5. The van der Waals surface area contributed by atoms with E-state index in [1.807, 2.05) is 6.92 Å². The second kappa shape index (κ2) is 3.04. The molecule has 0 atom stereocenters. The summed E-state index contributed by atoms with van der Waals surface area (Å²) in [4.78, 5) is 2.99. The van der Waals surface area contributed by atoms with Crippen molar-refractivity contribution in [3.8, 4) is 0 Å². The van der Waals surface area contributed by atoms with E-state index >= 15 is 0 Å². The standard InChI is InChI=1S/C10H9ClFN/c1-2-6-8(12)3-4-9-10(6)7(11)5-13-9/h3-5,13H,2H2,1H3. The first-order valence-electron chi connectivity index (χ1n) is 4.18. The molecular weight excluding hydrogens is 189 g/mol. The highest BCUT2D eigenvalue weighted by Gasteiger charge is 2.09. The smallest absolute Gasteiger partial charge is 0.127 e. The van der Waals surface area contributed by atoms with Gasteiger partial charge in [-0.25, -0.2) is 4.39 Å². The molecule has 0 bridgehead atoms. The molecule has 13 heavy (non-hydrogen) atoms. The largest absolute Gasteiger partial charge is 0.360 e. The maximum absolute atomic E-state index is 13.3. The van der Waals surface area contributed by atoms with Crippen molar-refractivity contribution >= 4 is 22.5 Å². The van der Waals surface area contributed by atoms with Gasteiger partial charge >= 0.3 is 0 Å². The molecule has 2 aromatic rings. The molecule has 68 valence electrons. The van der Waals surface area contributed by atoms with Crippen LogP contribution in [0, 0.1) is 5.82 Å². The van der Waals surface area contributed by atoms with Crippen molar-refractivity contribution in [2.45, 2.75) is 13.3 Å². The third-order valence-electron chi connectivity index (χ3n) is 2.20. The van der Waals surface area contributed by atoms with Gasteiger partial charge in [0.25, 0.3) is 0 Å².